The molecule has 58 heavy (non-hydrogen) atoms. The van der Waals surface area contributed by atoms with Crippen LogP contribution in [0.4, 0.5) is 34.1 Å². The van der Waals surface area contributed by atoms with Gasteiger partial charge in [0.1, 0.15) is 0 Å². The minimum absolute atomic E-state index is 1.13. The van der Waals surface area contributed by atoms with Crippen molar-refractivity contribution in [2.75, 3.05) is 9.80 Å². The van der Waals surface area contributed by atoms with E-state index in [1.165, 1.54) is 84.0 Å². The van der Waals surface area contributed by atoms with Gasteiger partial charge in [0.05, 0.1) is 32.1 Å². The van der Waals surface area contributed by atoms with E-state index in [1.54, 1.807) is 0 Å². The predicted molar refractivity (Wildman–Crippen MR) is 254 cm³/mol. The fourth-order valence-corrected chi connectivity index (χ4v) is 11.5. The Bertz CT molecular complexity index is 3290. The van der Waals surface area contributed by atoms with E-state index in [0.717, 1.165) is 22.7 Å². The van der Waals surface area contributed by atoms with Crippen LogP contribution in [0.5, 0.6) is 0 Å². The van der Waals surface area contributed by atoms with Gasteiger partial charge in [0.2, 0.25) is 0 Å². The van der Waals surface area contributed by atoms with Gasteiger partial charge >= 0.3 is 0 Å². The zero-order valence-electron chi connectivity index (χ0n) is 31.3. The normalized spacial score (nSPS) is 11.8. The number of rotatable bonds is 6. The lowest BCUT2D eigenvalue weighted by Crippen LogP contribution is -2.12. The molecular formula is C54H34N2S2. The Labute approximate surface area is 343 Å². The summed E-state index contributed by atoms with van der Waals surface area (Å²) >= 11 is 3.75. The van der Waals surface area contributed by atoms with Gasteiger partial charge in [-0.05, 0) is 82.2 Å². The first kappa shape index (κ1) is 33.2. The summed E-state index contributed by atoms with van der Waals surface area (Å²) in [7, 11) is 0. The lowest BCUT2D eigenvalue weighted by molar-refractivity contribution is 1.32. The van der Waals surface area contributed by atoms with Crippen molar-refractivity contribution in [2.45, 2.75) is 0 Å². The average Bonchev–Trinajstić information content (AvgIpc) is 3.87. The summed E-state index contributed by atoms with van der Waals surface area (Å²) in [4.78, 5) is 4.97. The molecular weight excluding hydrogens is 741 g/mol. The molecule has 0 bridgehead atoms. The summed E-state index contributed by atoms with van der Waals surface area (Å²) in [6.45, 7) is 0. The van der Waals surface area contributed by atoms with E-state index in [1.807, 2.05) is 22.7 Å². The lowest BCUT2D eigenvalue weighted by Gasteiger charge is -2.30. The molecule has 0 aliphatic rings. The van der Waals surface area contributed by atoms with Crippen molar-refractivity contribution in [1.82, 2.24) is 0 Å². The topological polar surface area (TPSA) is 6.48 Å². The van der Waals surface area contributed by atoms with Crippen molar-refractivity contribution in [2.24, 2.45) is 0 Å². The maximum absolute atomic E-state index is 2.49. The smallest absolute Gasteiger partial charge is 0.0640 e. The van der Waals surface area contributed by atoms with E-state index in [4.69, 9.17) is 0 Å². The quantitative estimate of drug-likeness (QED) is 0.155. The Morgan fingerprint density at radius 3 is 1.02 bits per heavy atom. The first-order valence-corrected chi connectivity index (χ1v) is 21.3. The number of fused-ring (bicyclic) bond motifs is 11. The van der Waals surface area contributed by atoms with Crippen LogP contribution in [-0.4, -0.2) is 0 Å². The molecule has 0 atom stereocenters. The second-order valence-corrected chi connectivity index (χ2v) is 16.9. The molecule has 0 fully saturated rings. The van der Waals surface area contributed by atoms with Gasteiger partial charge in [0.15, 0.2) is 0 Å². The lowest BCUT2D eigenvalue weighted by atomic mass is 9.93. The van der Waals surface area contributed by atoms with Crippen LogP contribution >= 0.6 is 22.7 Å². The molecule has 12 aromatic rings. The molecule has 0 spiro atoms. The maximum atomic E-state index is 2.49. The van der Waals surface area contributed by atoms with E-state index in [0.29, 0.717) is 0 Å². The van der Waals surface area contributed by atoms with Gasteiger partial charge in [-0.2, -0.15) is 0 Å². The SMILES string of the molecule is c1ccc(N(c2cc3c4ccccc4c(N(c4ccccc4)c4cccc5c4sc4ccccc45)cc3c3ccccc23)c2cccc3c2sc2ccccc23)cc1. The Hall–Kier alpha value is -6.98. The minimum atomic E-state index is 1.13. The molecule has 4 heteroatoms. The fourth-order valence-electron chi connectivity index (χ4n) is 9.07. The van der Waals surface area contributed by atoms with Gasteiger partial charge in [0.25, 0.3) is 0 Å². The number of thiophene rings is 2. The summed E-state index contributed by atoms with van der Waals surface area (Å²) in [5.74, 6) is 0. The third-order valence-corrected chi connectivity index (χ3v) is 14.0. The van der Waals surface area contributed by atoms with Crippen molar-refractivity contribution in [3.63, 3.8) is 0 Å². The van der Waals surface area contributed by atoms with Crippen molar-refractivity contribution < 1.29 is 0 Å². The Balaban J connectivity index is 1.17. The van der Waals surface area contributed by atoms with Gasteiger partial charge in [0, 0.05) is 53.1 Å². The average molecular weight is 775 g/mol. The minimum Gasteiger partial charge on any atom is -0.308 e. The highest BCUT2D eigenvalue weighted by molar-refractivity contribution is 7.26. The van der Waals surface area contributed by atoms with Crippen LogP contribution in [0, 0.1) is 0 Å². The van der Waals surface area contributed by atoms with Crippen molar-refractivity contribution in [3.05, 3.63) is 206 Å². The highest BCUT2D eigenvalue weighted by Gasteiger charge is 2.24. The largest absolute Gasteiger partial charge is 0.308 e. The van der Waals surface area contributed by atoms with E-state index in [2.05, 4.69) is 216 Å². The van der Waals surface area contributed by atoms with Crippen LogP contribution in [0.2, 0.25) is 0 Å². The van der Waals surface area contributed by atoms with E-state index < -0.39 is 0 Å². The van der Waals surface area contributed by atoms with Crippen LogP contribution < -0.4 is 9.80 Å². The second kappa shape index (κ2) is 13.3. The standard InChI is InChI=1S/C54H34N2S2/c1-3-17-35(18-4-1)55(47-29-15-27-43-41-25-11-13-31-51(41)57-53(43)47)49-33-45-38-22-8-10-24-40(38)50(34-46(45)37-21-7-9-23-39(37)49)56(36-19-5-2-6-20-36)48-30-16-28-44-42-26-12-14-32-52(42)58-54(44)48/h1-34H. The second-order valence-electron chi connectivity index (χ2n) is 14.8. The Kier molecular flexibility index (Phi) is 7.62. The first-order chi connectivity index (χ1) is 28.8. The number of hydrogen-bond donors (Lipinski definition) is 0. The molecule has 2 heterocycles. The Morgan fingerprint density at radius 2 is 0.586 bits per heavy atom. The van der Waals surface area contributed by atoms with E-state index in [9.17, 15) is 0 Å². The summed E-state index contributed by atoms with van der Waals surface area (Å²) in [6.07, 6.45) is 0. The van der Waals surface area contributed by atoms with E-state index >= 15 is 0 Å². The third-order valence-electron chi connectivity index (χ3n) is 11.6. The number of nitrogens with zero attached hydrogens (tertiary/aromatic N) is 2. The third kappa shape index (κ3) is 5.09. The summed E-state index contributed by atoms with van der Waals surface area (Å²) in [5.41, 5.74) is 6.94. The summed E-state index contributed by atoms with van der Waals surface area (Å²) in [5, 5.41) is 12.5. The summed E-state index contributed by atoms with van der Waals surface area (Å²) in [6, 6.07) is 75.7. The molecule has 0 saturated carbocycles. The van der Waals surface area contributed by atoms with Crippen LogP contribution in [-0.2, 0) is 0 Å². The van der Waals surface area contributed by atoms with Crippen molar-refractivity contribution >= 4 is 129 Å². The Morgan fingerprint density at radius 1 is 0.241 bits per heavy atom. The fraction of sp³-hybridized carbons (Fsp3) is 0. The number of hydrogen-bond acceptors (Lipinski definition) is 4. The molecule has 2 nitrogen and oxygen atoms in total. The van der Waals surface area contributed by atoms with Gasteiger partial charge in [-0.1, -0.05) is 146 Å². The number of benzene rings is 10. The highest BCUT2D eigenvalue weighted by Crippen LogP contribution is 2.51. The van der Waals surface area contributed by atoms with Crippen LogP contribution in [0.1, 0.15) is 0 Å². The molecule has 0 saturated heterocycles. The molecule has 0 aliphatic heterocycles. The zero-order chi connectivity index (χ0) is 38.2. The van der Waals surface area contributed by atoms with Crippen LogP contribution in [0.3, 0.4) is 0 Å². The van der Waals surface area contributed by atoms with Gasteiger partial charge in [-0.15, -0.1) is 22.7 Å². The maximum Gasteiger partial charge on any atom is 0.0640 e. The van der Waals surface area contributed by atoms with Crippen LogP contribution in [0.15, 0.2) is 206 Å². The highest BCUT2D eigenvalue weighted by atomic mass is 32.1. The molecule has 2 aromatic heterocycles. The van der Waals surface area contributed by atoms with Crippen molar-refractivity contribution in [3.8, 4) is 0 Å². The molecule has 0 radical (unpaired) electrons. The molecule has 0 unspecified atom stereocenters. The van der Waals surface area contributed by atoms with E-state index in [-0.39, 0.29) is 0 Å². The predicted octanol–water partition coefficient (Wildman–Crippen LogP) is 16.8. The molecule has 10 aromatic carbocycles. The number of para-hydroxylation sites is 2. The molecule has 12 rings (SSSR count). The van der Waals surface area contributed by atoms with Crippen molar-refractivity contribution in [1.29, 1.82) is 0 Å². The monoisotopic (exact) mass is 774 g/mol. The molecule has 0 N–H and O–H groups in total. The molecule has 272 valence electrons. The van der Waals surface area contributed by atoms with Crippen LogP contribution in [0.25, 0.3) is 72.7 Å². The van der Waals surface area contributed by atoms with Gasteiger partial charge < -0.3 is 9.80 Å². The summed E-state index contributed by atoms with van der Waals surface area (Å²) < 4.78 is 5.17. The van der Waals surface area contributed by atoms with Gasteiger partial charge in [-0.25, -0.2) is 0 Å². The first-order valence-electron chi connectivity index (χ1n) is 19.7. The zero-order valence-corrected chi connectivity index (χ0v) is 33.0. The number of anilines is 6. The van der Waals surface area contributed by atoms with Gasteiger partial charge in [-0.3, -0.25) is 0 Å². The molecule has 0 amide bonds. The molecule has 0 aliphatic carbocycles.